The molecule has 3 aromatic carbocycles. The first kappa shape index (κ1) is 23.7. The van der Waals surface area contributed by atoms with E-state index in [1.807, 2.05) is 12.1 Å². The molecule has 0 heterocycles. The summed E-state index contributed by atoms with van der Waals surface area (Å²) >= 11 is 0. The van der Waals surface area contributed by atoms with Crippen molar-refractivity contribution in [2.75, 3.05) is 18.5 Å². The summed E-state index contributed by atoms with van der Waals surface area (Å²) in [6.45, 7) is 4.54. The fourth-order valence-corrected chi connectivity index (χ4v) is 3.61. The van der Waals surface area contributed by atoms with Crippen molar-refractivity contribution in [1.82, 2.24) is 0 Å². The molecule has 0 aromatic heterocycles. The zero-order valence-electron chi connectivity index (χ0n) is 19.4. The van der Waals surface area contributed by atoms with Crippen LogP contribution in [0.4, 0.5) is 5.69 Å². The highest BCUT2D eigenvalue weighted by molar-refractivity contribution is 5.48. The summed E-state index contributed by atoms with van der Waals surface area (Å²) in [5.41, 5.74) is 3.65. The minimum atomic E-state index is 0.721. The van der Waals surface area contributed by atoms with Crippen LogP contribution in [0.25, 0.3) is 0 Å². The van der Waals surface area contributed by atoms with Crippen molar-refractivity contribution in [2.45, 2.75) is 58.4 Å². The Morgan fingerprint density at radius 3 is 2.19 bits per heavy atom. The van der Waals surface area contributed by atoms with E-state index in [1.54, 1.807) is 0 Å². The minimum absolute atomic E-state index is 0.721. The van der Waals surface area contributed by atoms with Crippen LogP contribution in [-0.2, 0) is 13.0 Å². The van der Waals surface area contributed by atoms with Crippen molar-refractivity contribution in [2.24, 2.45) is 0 Å². The molecule has 170 valence electrons. The summed E-state index contributed by atoms with van der Waals surface area (Å²) < 4.78 is 11.8. The molecule has 3 rings (SSSR count). The number of aryl methyl sites for hydroxylation is 1. The molecule has 0 aliphatic carbocycles. The molecule has 0 fully saturated rings. The number of benzene rings is 3. The van der Waals surface area contributed by atoms with Gasteiger partial charge in [0.05, 0.1) is 13.2 Å². The number of ether oxygens (including phenoxy) is 2. The first-order chi connectivity index (χ1) is 15.8. The average molecular weight is 432 g/mol. The van der Waals surface area contributed by atoms with E-state index in [9.17, 15) is 0 Å². The molecule has 0 atom stereocenters. The predicted molar refractivity (Wildman–Crippen MR) is 135 cm³/mol. The van der Waals surface area contributed by atoms with E-state index >= 15 is 0 Å². The molecule has 32 heavy (non-hydrogen) atoms. The topological polar surface area (TPSA) is 30.5 Å². The van der Waals surface area contributed by atoms with Gasteiger partial charge in [0.25, 0.3) is 0 Å². The van der Waals surface area contributed by atoms with Gasteiger partial charge in [-0.3, -0.25) is 0 Å². The zero-order valence-corrected chi connectivity index (χ0v) is 19.4. The Balaban J connectivity index is 1.35. The largest absolute Gasteiger partial charge is 0.494 e. The second kappa shape index (κ2) is 14.2. The summed E-state index contributed by atoms with van der Waals surface area (Å²) in [5.74, 6) is 1.86. The maximum atomic E-state index is 5.95. The molecule has 0 radical (unpaired) electrons. The Bertz CT molecular complexity index is 877. The van der Waals surface area contributed by atoms with Gasteiger partial charge in [-0.05, 0) is 54.7 Å². The van der Waals surface area contributed by atoms with Gasteiger partial charge in [-0.1, -0.05) is 81.1 Å². The van der Waals surface area contributed by atoms with Crippen LogP contribution in [0.15, 0.2) is 78.9 Å². The highest BCUT2D eigenvalue weighted by Gasteiger charge is 2.00. The number of hydrogen-bond acceptors (Lipinski definition) is 3. The van der Waals surface area contributed by atoms with Gasteiger partial charge in [0.2, 0.25) is 0 Å². The SMILES string of the molecule is CCCCCCCOc1ccc(CNc2cccc(OCCCc3ccccc3)c2)cc1. The van der Waals surface area contributed by atoms with E-state index in [1.165, 1.54) is 36.8 Å². The standard InChI is InChI=1S/C29H37NO2/c1-2-3-4-5-9-21-31-28-19-17-26(18-20-28)24-30-27-15-10-16-29(23-27)32-22-11-14-25-12-7-6-8-13-25/h6-8,10,12-13,15-20,23,30H,2-5,9,11,14,21-22,24H2,1H3. The second-order valence-electron chi connectivity index (χ2n) is 8.23. The van der Waals surface area contributed by atoms with E-state index in [2.05, 4.69) is 79.0 Å². The van der Waals surface area contributed by atoms with Crippen LogP contribution in [0.5, 0.6) is 11.5 Å². The Labute approximate surface area is 193 Å². The van der Waals surface area contributed by atoms with Gasteiger partial charge in [-0.25, -0.2) is 0 Å². The lowest BCUT2D eigenvalue weighted by molar-refractivity contribution is 0.304. The summed E-state index contributed by atoms with van der Waals surface area (Å²) in [6, 6.07) is 27.1. The third-order valence-electron chi connectivity index (χ3n) is 5.49. The van der Waals surface area contributed by atoms with Crippen molar-refractivity contribution in [3.8, 4) is 11.5 Å². The molecule has 3 heteroatoms. The van der Waals surface area contributed by atoms with E-state index in [0.717, 1.165) is 56.2 Å². The van der Waals surface area contributed by atoms with E-state index in [0.29, 0.717) is 0 Å². The third kappa shape index (κ3) is 9.05. The molecule has 3 aromatic rings. The third-order valence-corrected chi connectivity index (χ3v) is 5.49. The van der Waals surface area contributed by atoms with Crippen molar-refractivity contribution in [1.29, 1.82) is 0 Å². The molecular formula is C29H37NO2. The first-order valence-corrected chi connectivity index (χ1v) is 12.1. The predicted octanol–water partition coefficient (Wildman–Crippen LogP) is 7.66. The molecule has 0 unspecified atom stereocenters. The second-order valence-corrected chi connectivity index (χ2v) is 8.23. The molecule has 0 spiro atoms. The van der Waals surface area contributed by atoms with Gasteiger partial charge in [-0.2, -0.15) is 0 Å². The lowest BCUT2D eigenvalue weighted by atomic mass is 10.1. The maximum Gasteiger partial charge on any atom is 0.121 e. The van der Waals surface area contributed by atoms with Gasteiger partial charge < -0.3 is 14.8 Å². The monoisotopic (exact) mass is 431 g/mol. The molecule has 0 saturated heterocycles. The fraction of sp³-hybridized carbons (Fsp3) is 0.379. The zero-order chi connectivity index (χ0) is 22.3. The number of hydrogen-bond donors (Lipinski definition) is 1. The highest BCUT2D eigenvalue weighted by Crippen LogP contribution is 2.19. The minimum Gasteiger partial charge on any atom is -0.494 e. The molecule has 0 bridgehead atoms. The summed E-state index contributed by atoms with van der Waals surface area (Å²) in [4.78, 5) is 0. The Kier molecular flexibility index (Phi) is 10.5. The van der Waals surface area contributed by atoms with Crippen molar-refractivity contribution >= 4 is 5.69 Å². The van der Waals surface area contributed by atoms with Crippen molar-refractivity contribution in [3.05, 3.63) is 90.0 Å². The fourth-order valence-electron chi connectivity index (χ4n) is 3.61. The molecule has 1 N–H and O–H groups in total. The van der Waals surface area contributed by atoms with Gasteiger partial charge in [0.15, 0.2) is 0 Å². The molecular weight excluding hydrogens is 394 g/mol. The summed E-state index contributed by atoms with van der Waals surface area (Å²) in [7, 11) is 0. The van der Waals surface area contributed by atoms with E-state index in [-0.39, 0.29) is 0 Å². The number of anilines is 1. The van der Waals surface area contributed by atoms with Crippen LogP contribution in [0, 0.1) is 0 Å². The van der Waals surface area contributed by atoms with Crippen LogP contribution < -0.4 is 14.8 Å². The van der Waals surface area contributed by atoms with Crippen molar-refractivity contribution < 1.29 is 9.47 Å². The number of nitrogens with one attached hydrogen (secondary N) is 1. The highest BCUT2D eigenvalue weighted by atomic mass is 16.5. The number of rotatable bonds is 15. The van der Waals surface area contributed by atoms with E-state index < -0.39 is 0 Å². The van der Waals surface area contributed by atoms with Crippen LogP contribution >= 0.6 is 0 Å². The van der Waals surface area contributed by atoms with E-state index in [4.69, 9.17) is 9.47 Å². The maximum absolute atomic E-state index is 5.95. The van der Waals surface area contributed by atoms with Gasteiger partial charge in [-0.15, -0.1) is 0 Å². The quantitative estimate of drug-likeness (QED) is 0.251. The lowest BCUT2D eigenvalue weighted by Crippen LogP contribution is -2.02. The van der Waals surface area contributed by atoms with Crippen LogP contribution in [0.1, 0.15) is 56.6 Å². The van der Waals surface area contributed by atoms with Crippen molar-refractivity contribution in [3.63, 3.8) is 0 Å². The molecule has 0 saturated carbocycles. The van der Waals surface area contributed by atoms with Crippen LogP contribution in [-0.4, -0.2) is 13.2 Å². The normalized spacial score (nSPS) is 10.7. The Morgan fingerprint density at radius 1 is 0.625 bits per heavy atom. The van der Waals surface area contributed by atoms with Gasteiger partial charge in [0.1, 0.15) is 11.5 Å². The molecule has 0 aliphatic heterocycles. The molecule has 3 nitrogen and oxygen atoms in total. The van der Waals surface area contributed by atoms with Crippen LogP contribution in [0.2, 0.25) is 0 Å². The Morgan fingerprint density at radius 2 is 1.38 bits per heavy atom. The van der Waals surface area contributed by atoms with Crippen LogP contribution in [0.3, 0.4) is 0 Å². The van der Waals surface area contributed by atoms with Gasteiger partial charge in [0, 0.05) is 18.3 Å². The summed E-state index contributed by atoms with van der Waals surface area (Å²) in [5, 5.41) is 3.49. The summed E-state index contributed by atoms with van der Waals surface area (Å²) in [6.07, 6.45) is 8.35. The smallest absolute Gasteiger partial charge is 0.121 e. The Hall–Kier alpha value is -2.94. The number of unbranched alkanes of at least 4 members (excludes halogenated alkanes) is 4. The van der Waals surface area contributed by atoms with Gasteiger partial charge >= 0.3 is 0 Å². The molecule has 0 aliphatic rings. The molecule has 0 amide bonds. The average Bonchev–Trinajstić information content (AvgIpc) is 2.84. The first-order valence-electron chi connectivity index (χ1n) is 12.1. The lowest BCUT2D eigenvalue weighted by Gasteiger charge is -2.11.